The maximum atomic E-state index is 13.1. The minimum atomic E-state index is -5.08. The van der Waals surface area contributed by atoms with Gasteiger partial charge >= 0.3 is 17.8 Å². The number of aliphatic carboxylic acids is 1. The van der Waals surface area contributed by atoms with Gasteiger partial charge in [-0.05, 0) is 42.8 Å². The second kappa shape index (κ2) is 12.3. The van der Waals surface area contributed by atoms with Crippen LogP contribution in [0.25, 0.3) is 38.9 Å². The highest BCUT2D eigenvalue weighted by molar-refractivity contribution is 6.31. The molecule has 0 unspecified atom stereocenters. The first-order valence-corrected chi connectivity index (χ1v) is 13.2. The predicted octanol–water partition coefficient (Wildman–Crippen LogP) is 5.59. The topological polar surface area (TPSA) is 113 Å². The number of fused-ring (bicyclic) bond motifs is 2. The molecule has 5 rings (SSSR count). The summed E-state index contributed by atoms with van der Waals surface area (Å²) in [5.74, 6) is -2.25. The van der Waals surface area contributed by atoms with E-state index in [0.717, 1.165) is 40.3 Å². The smallest absolute Gasteiger partial charge is 0.475 e. The summed E-state index contributed by atoms with van der Waals surface area (Å²) in [6.07, 6.45) is 1.52. The number of halogens is 5. The summed E-state index contributed by atoms with van der Waals surface area (Å²) in [4.78, 5) is 28.3. The Bertz CT molecular complexity index is 1830. The Morgan fingerprint density at radius 3 is 2.33 bits per heavy atom. The third-order valence-corrected chi connectivity index (χ3v) is 6.64. The van der Waals surface area contributed by atoms with Crippen LogP contribution < -0.4 is 5.69 Å². The maximum Gasteiger partial charge on any atom is 0.490 e. The van der Waals surface area contributed by atoms with Crippen molar-refractivity contribution in [3.05, 3.63) is 69.3 Å². The summed E-state index contributed by atoms with van der Waals surface area (Å²) >= 11 is 12.7. The molecule has 0 saturated heterocycles. The van der Waals surface area contributed by atoms with Gasteiger partial charge in [0.05, 0.1) is 17.5 Å². The number of carboxylic acids is 1. The zero-order chi connectivity index (χ0) is 30.8. The molecule has 0 amide bonds. The minimum Gasteiger partial charge on any atom is -0.475 e. The molecule has 222 valence electrons. The average Bonchev–Trinajstić information content (AvgIpc) is 3.55. The number of aryl methyl sites for hydroxylation is 2. The highest BCUT2D eigenvalue weighted by Gasteiger charge is 2.38. The number of nitrogens with zero attached hydrogens (tertiary/aromatic N) is 6. The van der Waals surface area contributed by atoms with E-state index in [1.165, 1.54) is 0 Å². The van der Waals surface area contributed by atoms with E-state index >= 15 is 0 Å². The number of aromatic amines is 1. The van der Waals surface area contributed by atoms with Crippen molar-refractivity contribution in [3.8, 4) is 17.1 Å². The molecule has 0 saturated carbocycles. The van der Waals surface area contributed by atoms with Gasteiger partial charge in [0.15, 0.2) is 5.82 Å². The van der Waals surface area contributed by atoms with Crippen molar-refractivity contribution in [1.29, 1.82) is 0 Å². The molecular formula is C27H26Cl2F3N7O3. The number of nitrogens with one attached hydrogen (secondary N) is 1. The molecule has 42 heavy (non-hydrogen) atoms. The van der Waals surface area contributed by atoms with Crippen molar-refractivity contribution in [2.45, 2.75) is 19.1 Å². The molecule has 0 spiro atoms. The van der Waals surface area contributed by atoms with E-state index in [-0.39, 0.29) is 5.69 Å². The van der Waals surface area contributed by atoms with Gasteiger partial charge in [-0.3, -0.25) is 4.99 Å². The molecule has 0 radical (unpaired) electrons. The lowest BCUT2D eigenvalue weighted by Gasteiger charge is -2.05. The summed E-state index contributed by atoms with van der Waals surface area (Å²) in [5.41, 5.74) is 3.18. The molecule has 0 bridgehead atoms. The molecule has 15 heteroatoms. The SMILES string of the molecule is CN(C)/C=N\CCCn1cc(-n2c(-c3cn(C)c4ccc(Cl)cc34)n[nH]c2=O)c2cc(Cl)ccc21.O=C(O)C(F)(F)F. The Hall–Kier alpha value is -4.23. The van der Waals surface area contributed by atoms with Crippen LogP contribution in [-0.4, -0.2) is 73.0 Å². The van der Waals surface area contributed by atoms with Crippen molar-refractivity contribution < 1.29 is 23.1 Å². The van der Waals surface area contributed by atoms with E-state index in [0.29, 0.717) is 28.1 Å². The molecule has 0 fully saturated rings. The fraction of sp³-hybridized carbons (Fsp3) is 0.259. The summed E-state index contributed by atoms with van der Waals surface area (Å²) in [5, 5.41) is 17.2. The molecule has 0 aliphatic rings. The van der Waals surface area contributed by atoms with E-state index in [4.69, 9.17) is 33.1 Å². The van der Waals surface area contributed by atoms with Crippen LogP contribution in [0.1, 0.15) is 6.42 Å². The van der Waals surface area contributed by atoms with E-state index in [9.17, 15) is 18.0 Å². The number of H-pyrrole nitrogens is 1. The molecule has 2 N–H and O–H groups in total. The number of rotatable bonds is 7. The number of carbonyl (C=O) groups is 1. The first-order valence-electron chi connectivity index (χ1n) is 12.5. The second-order valence-corrected chi connectivity index (χ2v) is 10.4. The van der Waals surface area contributed by atoms with Gasteiger partial charge < -0.3 is 19.1 Å². The van der Waals surface area contributed by atoms with Crippen molar-refractivity contribution in [1.82, 2.24) is 28.8 Å². The number of hydrogen-bond donors (Lipinski definition) is 2. The molecule has 3 aromatic heterocycles. The van der Waals surface area contributed by atoms with Crippen LogP contribution in [0.5, 0.6) is 0 Å². The zero-order valence-electron chi connectivity index (χ0n) is 22.7. The number of carboxylic acid groups (broad SMARTS) is 1. The van der Waals surface area contributed by atoms with Gasteiger partial charge in [-0.15, -0.1) is 0 Å². The summed E-state index contributed by atoms with van der Waals surface area (Å²) < 4.78 is 37.5. The highest BCUT2D eigenvalue weighted by atomic mass is 35.5. The van der Waals surface area contributed by atoms with Crippen LogP contribution in [-0.2, 0) is 18.4 Å². The fourth-order valence-corrected chi connectivity index (χ4v) is 4.75. The number of benzene rings is 2. The maximum absolute atomic E-state index is 13.1. The molecule has 3 heterocycles. The van der Waals surface area contributed by atoms with Crippen LogP contribution in [0.15, 0.2) is 58.6 Å². The number of aliphatic imine (C=N–C) groups is 1. The van der Waals surface area contributed by atoms with Gasteiger partial charge in [0, 0.05) is 78.5 Å². The standard InChI is InChI=1S/C25H25Cl2N7O.C2HF3O2/c1-31(2)15-28-9-4-10-33-14-23(19-12-17(27)6-8-22(19)33)34-24(29-30-25(34)35)20-13-32(3)21-7-5-16(26)11-18(20)21;3-2(4,5)1(6)7/h5-8,11-15H,4,9-10H2,1-3H3,(H,30,35);(H,6,7)/b28-15-;. The Morgan fingerprint density at radius 1 is 1.10 bits per heavy atom. The van der Waals surface area contributed by atoms with Crippen molar-refractivity contribution in [2.75, 3.05) is 20.6 Å². The van der Waals surface area contributed by atoms with Crippen molar-refractivity contribution in [2.24, 2.45) is 12.0 Å². The van der Waals surface area contributed by atoms with E-state index < -0.39 is 12.1 Å². The second-order valence-electron chi connectivity index (χ2n) is 9.51. The quantitative estimate of drug-likeness (QED) is 0.139. The van der Waals surface area contributed by atoms with E-state index in [1.807, 2.05) is 85.7 Å². The van der Waals surface area contributed by atoms with Gasteiger partial charge in [0.25, 0.3) is 0 Å². The molecule has 2 aromatic carbocycles. The summed E-state index contributed by atoms with van der Waals surface area (Å²) in [6.45, 7) is 1.45. The lowest BCUT2D eigenvalue weighted by Crippen LogP contribution is -2.21. The Balaban J connectivity index is 0.000000517. The molecule has 0 aliphatic carbocycles. The third-order valence-electron chi connectivity index (χ3n) is 6.17. The van der Waals surface area contributed by atoms with Crippen LogP contribution in [0, 0.1) is 0 Å². The van der Waals surface area contributed by atoms with Gasteiger partial charge in [-0.25, -0.2) is 19.3 Å². The van der Waals surface area contributed by atoms with Gasteiger partial charge in [-0.1, -0.05) is 23.2 Å². The number of aromatic nitrogens is 5. The minimum absolute atomic E-state index is 0.325. The average molecular weight is 624 g/mol. The summed E-state index contributed by atoms with van der Waals surface area (Å²) in [6, 6.07) is 11.4. The van der Waals surface area contributed by atoms with Gasteiger partial charge in [0.1, 0.15) is 0 Å². The largest absolute Gasteiger partial charge is 0.490 e. The first kappa shape index (κ1) is 30.7. The van der Waals surface area contributed by atoms with E-state index in [1.54, 1.807) is 4.57 Å². The van der Waals surface area contributed by atoms with Crippen LogP contribution in [0.4, 0.5) is 13.2 Å². The Morgan fingerprint density at radius 2 is 1.71 bits per heavy atom. The van der Waals surface area contributed by atoms with Crippen LogP contribution >= 0.6 is 23.2 Å². The third kappa shape index (κ3) is 6.63. The highest BCUT2D eigenvalue weighted by Crippen LogP contribution is 2.34. The van der Waals surface area contributed by atoms with Crippen molar-refractivity contribution in [3.63, 3.8) is 0 Å². The Labute approximate surface area is 247 Å². The number of hydrogen-bond acceptors (Lipinski definition) is 4. The van der Waals surface area contributed by atoms with E-state index in [2.05, 4.69) is 19.8 Å². The number of alkyl halides is 3. The first-order chi connectivity index (χ1) is 19.8. The predicted molar refractivity (Wildman–Crippen MR) is 157 cm³/mol. The van der Waals surface area contributed by atoms with Crippen LogP contribution in [0.2, 0.25) is 10.0 Å². The molecular weight excluding hydrogens is 598 g/mol. The monoisotopic (exact) mass is 623 g/mol. The molecule has 5 aromatic rings. The zero-order valence-corrected chi connectivity index (χ0v) is 24.2. The molecule has 0 atom stereocenters. The Kier molecular flexibility index (Phi) is 9.02. The normalized spacial score (nSPS) is 11.8. The fourth-order valence-electron chi connectivity index (χ4n) is 4.41. The lowest BCUT2D eigenvalue weighted by atomic mass is 10.1. The lowest BCUT2D eigenvalue weighted by molar-refractivity contribution is -0.192. The molecule has 0 aliphatic heterocycles. The van der Waals surface area contributed by atoms with Gasteiger partial charge in [-0.2, -0.15) is 18.3 Å². The van der Waals surface area contributed by atoms with Crippen LogP contribution in [0.3, 0.4) is 0 Å². The molecule has 10 nitrogen and oxygen atoms in total. The van der Waals surface area contributed by atoms with Crippen molar-refractivity contribution >= 4 is 57.3 Å². The van der Waals surface area contributed by atoms with Gasteiger partial charge in [0.2, 0.25) is 0 Å². The summed E-state index contributed by atoms with van der Waals surface area (Å²) in [7, 11) is 5.85.